The fraction of sp³-hybridized carbons (Fsp3) is 0.444. The predicted octanol–water partition coefficient (Wildman–Crippen LogP) is 2.94. The quantitative estimate of drug-likeness (QED) is 0.621. The molecule has 0 amide bonds. The highest BCUT2D eigenvalue weighted by atomic mass is 35.5. The van der Waals surface area contributed by atoms with Gasteiger partial charge < -0.3 is 0 Å². The van der Waals surface area contributed by atoms with Crippen LogP contribution in [0, 0.1) is 0 Å². The smallest absolute Gasteiger partial charge is 0.0478 e. The molecule has 1 aromatic rings. The molecule has 0 unspecified atom stereocenters. The Morgan fingerprint density at radius 1 is 1.55 bits per heavy atom. The van der Waals surface area contributed by atoms with Crippen molar-refractivity contribution in [3.8, 4) is 0 Å². The van der Waals surface area contributed by atoms with E-state index >= 15 is 0 Å². The summed E-state index contributed by atoms with van der Waals surface area (Å²) in [5.74, 6) is 1.09. The number of alkyl halides is 1. The lowest BCUT2D eigenvalue weighted by molar-refractivity contribution is 0.845. The van der Waals surface area contributed by atoms with Crippen LogP contribution < -0.4 is 0 Å². The zero-order valence-electron chi connectivity index (χ0n) is 6.84. The standard InChI is InChI=1S/C9H12ClN/c1-7(2)9-6-11-4-3-8(9)5-10/h3-4,6-7H,5H2,1-2H3. The third kappa shape index (κ3) is 1.93. The number of aromatic nitrogens is 1. The lowest BCUT2D eigenvalue weighted by atomic mass is 10.0. The van der Waals surface area contributed by atoms with Crippen LogP contribution in [0.15, 0.2) is 18.5 Å². The fourth-order valence-corrected chi connectivity index (χ4v) is 1.32. The molecule has 0 spiro atoms. The molecule has 11 heavy (non-hydrogen) atoms. The van der Waals surface area contributed by atoms with Gasteiger partial charge in [0, 0.05) is 18.3 Å². The number of rotatable bonds is 2. The second kappa shape index (κ2) is 3.72. The van der Waals surface area contributed by atoms with Crippen molar-refractivity contribution in [2.75, 3.05) is 0 Å². The normalized spacial score (nSPS) is 10.5. The van der Waals surface area contributed by atoms with Crippen LogP contribution in [0.5, 0.6) is 0 Å². The number of hydrogen-bond acceptors (Lipinski definition) is 1. The van der Waals surface area contributed by atoms with Gasteiger partial charge in [-0.25, -0.2) is 0 Å². The Morgan fingerprint density at radius 2 is 2.27 bits per heavy atom. The fourth-order valence-electron chi connectivity index (χ4n) is 1.08. The van der Waals surface area contributed by atoms with Gasteiger partial charge in [0.2, 0.25) is 0 Å². The summed E-state index contributed by atoms with van der Waals surface area (Å²) >= 11 is 5.75. The van der Waals surface area contributed by atoms with Crippen molar-refractivity contribution in [2.45, 2.75) is 25.6 Å². The first-order valence-corrected chi connectivity index (χ1v) is 4.28. The van der Waals surface area contributed by atoms with Crippen LogP contribution in [-0.4, -0.2) is 4.98 Å². The monoisotopic (exact) mass is 169 g/mol. The molecule has 0 saturated carbocycles. The molecule has 1 aromatic heterocycles. The van der Waals surface area contributed by atoms with Crippen molar-refractivity contribution in [2.24, 2.45) is 0 Å². The molecule has 0 aromatic carbocycles. The van der Waals surface area contributed by atoms with Gasteiger partial charge in [0.15, 0.2) is 0 Å². The zero-order chi connectivity index (χ0) is 8.27. The Balaban J connectivity index is 3.02. The van der Waals surface area contributed by atoms with E-state index in [1.165, 1.54) is 11.1 Å². The van der Waals surface area contributed by atoms with E-state index in [9.17, 15) is 0 Å². The number of hydrogen-bond donors (Lipinski definition) is 0. The van der Waals surface area contributed by atoms with Gasteiger partial charge in [0.25, 0.3) is 0 Å². The highest BCUT2D eigenvalue weighted by Gasteiger charge is 2.03. The van der Waals surface area contributed by atoms with Gasteiger partial charge in [-0.05, 0) is 23.1 Å². The van der Waals surface area contributed by atoms with E-state index in [2.05, 4.69) is 18.8 Å². The van der Waals surface area contributed by atoms with E-state index in [1.807, 2.05) is 12.3 Å². The number of nitrogens with zero attached hydrogens (tertiary/aromatic N) is 1. The average Bonchev–Trinajstić information content (AvgIpc) is 2.04. The molecule has 2 heteroatoms. The molecule has 0 fully saturated rings. The van der Waals surface area contributed by atoms with E-state index in [4.69, 9.17) is 11.6 Å². The molecule has 0 saturated heterocycles. The van der Waals surface area contributed by atoms with E-state index in [-0.39, 0.29) is 0 Å². The van der Waals surface area contributed by atoms with E-state index in [0.717, 1.165) is 0 Å². The summed E-state index contributed by atoms with van der Waals surface area (Å²) in [7, 11) is 0. The average molecular weight is 170 g/mol. The maximum atomic E-state index is 5.75. The molecule has 0 aliphatic heterocycles. The van der Waals surface area contributed by atoms with Crippen molar-refractivity contribution >= 4 is 11.6 Å². The highest BCUT2D eigenvalue weighted by molar-refractivity contribution is 6.17. The molecule has 60 valence electrons. The van der Waals surface area contributed by atoms with Gasteiger partial charge in [-0.1, -0.05) is 13.8 Å². The van der Waals surface area contributed by atoms with Gasteiger partial charge in [-0.2, -0.15) is 0 Å². The summed E-state index contributed by atoms with van der Waals surface area (Å²) in [5.41, 5.74) is 2.44. The lowest BCUT2D eigenvalue weighted by Gasteiger charge is -2.08. The summed E-state index contributed by atoms with van der Waals surface area (Å²) in [5, 5.41) is 0. The molecular formula is C9H12ClN. The summed E-state index contributed by atoms with van der Waals surface area (Å²) < 4.78 is 0. The second-order valence-corrected chi connectivity index (χ2v) is 3.13. The predicted molar refractivity (Wildman–Crippen MR) is 47.9 cm³/mol. The second-order valence-electron chi connectivity index (χ2n) is 2.86. The largest absolute Gasteiger partial charge is 0.264 e. The van der Waals surface area contributed by atoms with Crippen LogP contribution in [0.3, 0.4) is 0 Å². The molecule has 1 nitrogen and oxygen atoms in total. The molecule has 1 rings (SSSR count). The maximum Gasteiger partial charge on any atom is 0.0478 e. The van der Waals surface area contributed by atoms with Crippen LogP contribution in [0.4, 0.5) is 0 Å². The Bertz CT molecular complexity index is 233. The summed E-state index contributed by atoms with van der Waals surface area (Å²) in [6.07, 6.45) is 3.67. The van der Waals surface area contributed by atoms with E-state index in [0.29, 0.717) is 11.8 Å². The van der Waals surface area contributed by atoms with Crippen molar-refractivity contribution in [1.82, 2.24) is 4.98 Å². The minimum Gasteiger partial charge on any atom is -0.264 e. The van der Waals surface area contributed by atoms with Crippen LogP contribution >= 0.6 is 11.6 Å². The molecule has 0 N–H and O–H groups in total. The first kappa shape index (κ1) is 8.54. The Kier molecular flexibility index (Phi) is 2.89. The molecule has 0 aliphatic carbocycles. The SMILES string of the molecule is CC(C)c1cnccc1CCl. The first-order valence-electron chi connectivity index (χ1n) is 3.74. The van der Waals surface area contributed by atoms with Crippen LogP contribution in [0.1, 0.15) is 30.9 Å². The van der Waals surface area contributed by atoms with Crippen LogP contribution in [0.2, 0.25) is 0 Å². The van der Waals surface area contributed by atoms with Crippen molar-refractivity contribution in [3.63, 3.8) is 0 Å². The third-order valence-electron chi connectivity index (χ3n) is 1.71. The van der Waals surface area contributed by atoms with Crippen LogP contribution in [-0.2, 0) is 5.88 Å². The minimum atomic E-state index is 0.512. The topological polar surface area (TPSA) is 12.9 Å². The molecule has 0 atom stereocenters. The Hall–Kier alpha value is -0.560. The minimum absolute atomic E-state index is 0.512. The molecule has 0 aliphatic rings. The summed E-state index contributed by atoms with van der Waals surface area (Å²) in [6, 6.07) is 1.97. The van der Waals surface area contributed by atoms with Gasteiger partial charge >= 0.3 is 0 Å². The summed E-state index contributed by atoms with van der Waals surface area (Å²) in [6.45, 7) is 4.29. The maximum absolute atomic E-state index is 5.75. The highest BCUT2D eigenvalue weighted by Crippen LogP contribution is 2.18. The van der Waals surface area contributed by atoms with Gasteiger partial charge in [-0.3, -0.25) is 4.98 Å². The zero-order valence-corrected chi connectivity index (χ0v) is 7.60. The van der Waals surface area contributed by atoms with Crippen LogP contribution in [0.25, 0.3) is 0 Å². The van der Waals surface area contributed by atoms with E-state index in [1.54, 1.807) is 6.20 Å². The van der Waals surface area contributed by atoms with Crippen molar-refractivity contribution in [3.05, 3.63) is 29.6 Å². The van der Waals surface area contributed by atoms with Gasteiger partial charge in [0.05, 0.1) is 0 Å². The molecule has 1 heterocycles. The molecular weight excluding hydrogens is 158 g/mol. The first-order chi connectivity index (χ1) is 5.25. The molecule has 0 radical (unpaired) electrons. The number of halogens is 1. The van der Waals surface area contributed by atoms with E-state index < -0.39 is 0 Å². The Labute approximate surface area is 72.4 Å². The Morgan fingerprint density at radius 3 is 2.73 bits per heavy atom. The number of pyridine rings is 1. The summed E-state index contributed by atoms with van der Waals surface area (Å²) in [4.78, 5) is 4.06. The molecule has 0 bridgehead atoms. The van der Waals surface area contributed by atoms with Crippen molar-refractivity contribution in [1.29, 1.82) is 0 Å². The van der Waals surface area contributed by atoms with Crippen molar-refractivity contribution < 1.29 is 0 Å². The lowest BCUT2D eigenvalue weighted by Crippen LogP contribution is -1.94. The van der Waals surface area contributed by atoms with Gasteiger partial charge in [0.1, 0.15) is 0 Å². The van der Waals surface area contributed by atoms with Gasteiger partial charge in [-0.15, -0.1) is 11.6 Å². The third-order valence-corrected chi connectivity index (χ3v) is 2.00.